The van der Waals surface area contributed by atoms with Crippen LogP contribution >= 0.6 is 12.4 Å². The van der Waals surface area contributed by atoms with Crippen molar-refractivity contribution in [2.24, 2.45) is 5.92 Å². The zero-order chi connectivity index (χ0) is 17.6. The standard InChI is InChI=1S/C19H27N3O3.ClH/c1-13(23)21-15-3-2-4-18(12-15)25-8-7-20-19(24)11-14-9-16-5-6-17(10-14)22-16;/h2-4,12,14,16-17,22H,5-11H2,1H3,(H,20,24)(H,21,23);1H. The van der Waals surface area contributed by atoms with E-state index in [-0.39, 0.29) is 24.2 Å². The molecule has 2 saturated heterocycles. The molecular formula is C19H28ClN3O3. The van der Waals surface area contributed by atoms with Gasteiger partial charge in [-0.25, -0.2) is 0 Å². The van der Waals surface area contributed by atoms with Crippen molar-refractivity contribution in [3.8, 4) is 5.75 Å². The van der Waals surface area contributed by atoms with Gasteiger partial charge in [-0.1, -0.05) is 6.07 Å². The van der Waals surface area contributed by atoms with Gasteiger partial charge in [-0.3, -0.25) is 9.59 Å². The van der Waals surface area contributed by atoms with Gasteiger partial charge >= 0.3 is 0 Å². The first-order valence-corrected chi connectivity index (χ1v) is 9.11. The van der Waals surface area contributed by atoms with E-state index in [0.717, 1.165) is 12.8 Å². The molecule has 7 heteroatoms. The highest BCUT2D eigenvalue weighted by Gasteiger charge is 2.34. The van der Waals surface area contributed by atoms with Crippen LogP contribution in [0.5, 0.6) is 5.75 Å². The Balaban J connectivity index is 0.00000243. The third-order valence-electron chi connectivity index (χ3n) is 4.89. The number of carbonyl (C=O) groups excluding carboxylic acids is 2. The van der Waals surface area contributed by atoms with Gasteiger partial charge in [-0.2, -0.15) is 0 Å². The summed E-state index contributed by atoms with van der Waals surface area (Å²) in [6, 6.07) is 8.48. The largest absolute Gasteiger partial charge is 0.492 e. The molecule has 0 aromatic heterocycles. The number of hydrogen-bond acceptors (Lipinski definition) is 4. The predicted molar refractivity (Wildman–Crippen MR) is 104 cm³/mol. The maximum Gasteiger partial charge on any atom is 0.221 e. The molecular weight excluding hydrogens is 354 g/mol. The summed E-state index contributed by atoms with van der Waals surface area (Å²) in [5.74, 6) is 1.18. The number of fused-ring (bicyclic) bond motifs is 2. The number of rotatable bonds is 7. The van der Waals surface area contributed by atoms with E-state index in [4.69, 9.17) is 4.74 Å². The zero-order valence-electron chi connectivity index (χ0n) is 15.1. The van der Waals surface area contributed by atoms with Gasteiger partial charge in [0.25, 0.3) is 0 Å². The van der Waals surface area contributed by atoms with Gasteiger partial charge in [0.2, 0.25) is 11.8 Å². The lowest BCUT2D eigenvalue weighted by Crippen LogP contribution is -2.40. The SMILES string of the molecule is CC(=O)Nc1cccc(OCCNC(=O)CC2CC3CCC(C2)N3)c1.Cl. The van der Waals surface area contributed by atoms with Gasteiger partial charge in [0, 0.05) is 37.2 Å². The van der Waals surface area contributed by atoms with Crippen molar-refractivity contribution in [3.63, 3.8) is 0 Å². The van der Waals surface area contributed by atoms with E-state index in [9.17, 15) is 9.59 Å². The van der Waals surface area contributed by atoms with Gasteiger partial charge < -0.3 is 20.7 Å². The molecule has 2 amide bonds. The van der Waals surface area contributed by atoms with Gasteiger partial charge in [0.15, 0.2) is 0 Å². The van der Waals surface area contributed by atoms with Crippen LogP contribution in [0.4, 0.5) is 5.69 Å². The second-order valence-electron chi connectivity index (χ2n) is 7.09. The van der Waals surface area contributed by atoms with Crippen molar-refractivity contribution in [1.82, 2.24) is 10.6 Å². The average Bonchev–Trinajstić information content (AvgIpc) is 2.90. The summed E-state index contributed by atoms with van der Waals surface area (Å²) in [7, 11) is 0. The topological polar surface area (TPSA) is 79.5 Å². The fourth-order valence-electron chi connectivity index (χ4n) is 3.90. The van der Waals surface area contributed by atoms with Gasteiger partial charge in [0.05, 0.1) is 6.54 Å². The number of amides is 2. The maximum absolute atomic E-state index is 12.1. The minimum atomic E-state index is -0.115. The van der Waals surface area contributed by atoms with Crippen molar-refractivity contribution in [1.29, 1.82) is 0 Å². The molecule has 2 unspecified atom stereocenters. The van der Waals surface area contributed by atoms with Crippen LogP contribution in [0.3, 0.4) is 0 Å². The van der Waals surface area contributed by atoms with Crippen molar-refractivity contribution in [3.05, 3.63) is 24.3 Å². The molecule has 2 fully saturated rings. The van der Waals surface area contributed by atoms with Crippen LogP contribution < -0.4 is 20.7 Å². The first kappa shape index (κ1) is 20.5. The van der Waals surface area contributed by atoms with Gasteiger partial charge in [0.1, 0.15) is 12.4 Å². The lowest BCUT2D eigenvalue weighted by molar-refractivity contribution is -0.122. The predicted octanol–water partition coefficient (Wildman–Crippen LogP) is 2.48. The number of piperidine rings is 1. The molecule has 2 atom stereocenters. The maximum atomic E-state index is 12.1. The number of anilines is 1. The van der Waals surface area contributed by atoms with Gasteiger partial charge in [-0.05, 0) is 43.7 Å². The fraction of sp³-hybridized carbons (Fsp3) is 0.579. The molecule has 2 aliphatic rings. The molecule has 1 aromatic carbocycles. The summed E-state index contributed by atoms with van der Waals surface area (Å²) < 4.78 is 5.64. The van der Waals surface area contributed by atoms with Crippen molar-refractivity contribution in [2.75, 3.05) is 18.5 Å². The van der Waals surface area contributed by atoms with E-state index >= 15 is 0 Å². The van der Waals surface area contributed by atoms with Crippen LogP contribution in [0.2, 0.25) is 0 Å². The lowest BCUT2D eigenvalue weighted by Gasteiger charge is -2.28. The second kappa shape index (κ2) is 9.78. The third-order valence-corrected chi connectivity index (χ3v) is 4.89. The molecule has 144 valence electrons. The fourth-order valence-corrected chi connectivity index (χ4v) is 3.90. The van der Waals surface area contributed by atoms with E-state index in [1.807, 2.05) is 18.2 Å². The smallest absolute Gasteiger partial charge is 0.221 e. The number of carbonyl (C=O) groups is 2. The quantitative estimate of drug-likeness (QED) is 0.634. The summed E-state index contributed by atoms with van der Waals surface area (Å²) in [6.07, 6.45) is 5.38. The molecule has 6 nitrogen and oxygen atoms in total. The van der Waals surface area contributed by atoms with Crippen LogP contribution in [0.15, 0.2) is 24.3 Å². The first-order valence-electron chi connectivity index (χ1n) is 9.11. The number of halogens is 1. The second-order valence-corrected chi connectivity index (χ2v) is 7.09. The van der Waals surface area contributed by atoms with E-state index in [1.165, 1.54) is 19.8 Å². The van der Waals surface area contributed by atoms with Gasteiger partial charge in [-0.15, -0.1) is 12.4 Å². The Morgan fingerprint density at radius 2 is 1.96 bits per heavy atom. The highest BCUT2D eigenvalue weighted by molar-refractivity contribution is 5.88. The van der Waals surface area contributed by atoms with Crippen molar-refractivity contribution >= 4 is 29.9 Å². The minimum Gasteiger partial charge on any atom is -0.492 e. The Labute approximate surface area is 160 Å². The number of ether oxygens (including phenoxy) is 1. The molecule has 0 spiro atoms. The Morgan fingerprint density at radius 1 is 1.23 bits per heavy atom. The minimum absolute atomic E-state index is 0. The van der Waals surface area contributed by atoms with Crippen LogP contribution in [0, 0.1) is 5.92 Å². The van der Waals surface area contributed by atoms with Crippen LogP contribution in [-0.2, 0) is 9.59 Å². The van der Waals surface area contributed by atoms with Crippen LogP contribution in [0.25, 0.3) is 0 Å². The Kier molecular flexibility index (Phi) is 7.72. The van der Waals surface area contributed by atoms with E-state index in [0.29, 0.717) is 49.0 Å². The first-order chi connectivity index (χ1) is 12.1. The Bertz CT molecular complexity index is 614. The average molecular weight is 382 g/mol. The normalized spacial score (nSPS) is 23.7. The number of benzene rings is 1. The molecule has 1 aromatic rings. The summed E-state index contributed by atoms with van der Waals surface area (Å²) in [5.41, 5.74) is 0.703. The summed E-state index contributed by atoms with van der Waals surface area (Å²) in [6.45, 7) is 2.37. The number of hydrogen-bond donors (Lipinski definition) is 3. The van der Waals surface area contributed by atoms with E-state index in [1.54, 1.807) is 6.07 Å². The van der Waals surface area contributed by atoms with Crippen LogP contribution in [-0.4, -0.2) is 37.0 Å². The lowest BCUT2D eigenvalue weighted by atomic mass is 9.89. The zero-order valence-corrected chi connectivity index (χ0v) is 15.9. The molecule has 3 rings (SSSR count). The number of nitrogens with one attached hydrogen (secondary N) is 3. The summed E-state index contributed by atoms with van der Waals surface area (Å²) in [4.78, 5) is 23.2. The molecule has 2 aliphatic heterocycles. The Morgan fingerprint density at radius 3 is 2.65 bits per heavy atom. The monoisotopic (exact) mass is 381 g/mol. The molecule has 0 aliphatic carbocycles. The van der Waals surface area contributed by atoms with Crippen molar-refractivity contribution < 1.29 is 14.3 Å². The van der Waals surface area contributed by atoms with Crippen LogP contribution in [0.1, 0.15) is 39.0 Å². The Hall–Kier alpha value is -1.79. The third kappa shape index (κ3) is 6.18. The van der Waals surface area contributed by atoms with E-state index in [2.05, 4.69) is 16.0 Å². The molecule has 2 heterocycles. The summed E-state index contributed by atoms with van der Waals surface area (Å²) >= 11 is 0. The molecule has 0 saturated carbocycles. The van der Waals surface area contributed by atoms with E-state index < -0.39 is 0 Å². The highest BCUT2D eigenvalue weighted by Crippen LogP contribution is 2.32. The van der Waals surface area contributed by atoms with Crippen molar-refractivity contribution in [2.45, 2.75) is 51.1 Å². The molecule has 26 heavy (non-hydrogen) atoms. The molecule has 0 radical (unpaired) electrons. The summed E-state index contributed by atoms with van der Waals surface area (Å²) in [5, 5.41) is 9.26. The molecule has 2 bridgehead atoms. The molecule has 3 N–H and O–H groups in total. The highest BCUT2D eigenvalue weighted by atomic mass is 35.5.